The molecule has 19 nitrogen and oxygen atoms in total. The van der Waals surface area contributed by atoms with Crippen LogP contribution in [0.1, 0.15) is 26.7 Å². The van der Waals surface area contributed by atoms with E-state index < -0.39 is 122 Å². The Bertz CT molecular complexity index is 968. The highest BCUT2D eigenvalue weighted by Crippen LogP contribution is 2.37. The van der Waals surface area contributed by atoms with Crippen molar-refractivity contribution >= 4 is 23.8 Å². The van der Waals surface area contributed by atoms with Crippen LogP contribution in [0.5, 0.6) is 0 Å². The monoisotopic (exact) mass is 600 g/mol. The maximum atomic E-state index is 12.4. The van der Waals surface area contributed by atoms with E-state index in [1.165, 1.54) is 0 Å². The van der Waals surface area contributed by atoms with Gasteiger partial charge < -0.3 is 75.9 Å². The van der Waals surface area contributed by atoms with Gasteiger partial charge in [0.15, 0.2) is 0 Å². The second-order valence-corrected chi connectivity index (χ2v) is 9.88. The molecule has 0 aromatic rings. The molecule has 2 amide bonds. The number of rotatable bonds is 12. The first-order valence-corrected chi connectivity index (χ1v) is 12.3. The average molecular weight is 601 g/mol. The van der Waals surface area contributed by atoms with E-state index in [9.17, 15) is 70.2 Å². The van der Waals surface area contributed by atoms with E-state index in [1.54, 1.807) is 0 Å². The van der Waals surface area contributed by atoms with E-state index in [2.05, 4.69) is 10.6 Å². The summed E-state index contributed by atoms with van der Waals surface area (Å²) in [4.78, 5) is 47.4. The molecule has 2 saturated heterocycles. The quantitative estimate of drug-likeness (QED) is 0.0990. The summed E-state index contributed by atoms with van der Waals surface area (Å²) in [6.07, 6.45) is -18.2. The summed E-state index contributed by atoms with van der Waals surface area (Å²) in [5, 5.41) is 106. The Morgan fingerprint density at radius 1 is 0.829 bits per heavy atom. The van der Waals surface area contributed by atoms with Crippen molar-refractivity contribution in [3.05, 3.63) is 0 Å². The topological polar surface area (TPSA) is 322 Å². The van der Waals surface area contributed by atoms with Crippen molar-refractivity contribution in [1.29, 1.82) is 0 Å². The lowest BCUT2D eigenvalue weighted by Crippen LogP contribution is -2.70. The molecule has 12 N–H and O–H groups in total. The van der Waals surface area contributed by atoms with Gasteiger partial charge in [0.2, 0.25) is 11.8 Å². The number of aliphatic hydroxyl groups is 8. The standard InChI is InChI=1S/C22H36N2O17/c1-7(27)23-13-9(29)3-21(38,19(34)35)40-18(13)16(33)12(6-26)39-22(20(36)37)4-10(30)14(24-8(2)28)17(41-22)15(32)11(31)5-25/h9-18,25-26,29-33,38H,3-6H2,1-2H3,(H,23,27)(H,24,28)(H,34,35)(H,36,37)/t9-,10-,11+,12+,13+,14+,15-,16+,17+,18+,21+,22+/m0/s1. The second-order valence-electron chi connectivity index (χ2n) is 9.88. The van der Waals surface area contributed by atoms with E-state index in [1.807, 2.05) is 0 Å². The Balaban J connectivity index is 2.49. The van der Waals surface area contributed by atoms with Crippen LogP contribution in [0.25, 0.3) is 0 Å². The molecule has 2 aliphatic rings. The molecule has 2 heterocycles. The maximum Gasteiger partial charge on any atom is 0.364 e. The van der Waals surface area contributed by atoms with Crippen LogP contribution in [0.3, 0.4) is 0 Å². The van der Waals surface area contributed by atoms with Crippen molar-refractivity contribution < 1.29 is 84.5 Å². The summed E-state index contributed by atoms with van der Waals surface area (Å²) >= 11 is 0. The van der Waals surface area contributed by atoms with Gasteiger partial charge >= 0.3 is 11.9 Å². The van der Waals surface area contributed by atoms with Gasteiger partial charge in [-0.1, -0.05) is 0 Å². The van der Waals surface area contributed by atoms with Crippen LogP contribution >= 0.6 is 0 Å². The SMILES string of the molecule is CC(=O)N[C@H]1[C@H]([C@@H](O)[C@H](O)CO)O[C@@](O[C@H](CO)[C@@H](O)[C@@H]2O[C@@](O)(C(=O)O)C[C@H](O)[C@H]2NC(C)=O)(C(=O)O)C[C@@H]1O. The third-order valence-corrected chi connectivity index (χ3v) is 6.72. The van der Waals surface area contributed by atoms with Crippen molar-refractivity contribution in [3.63, 3.8) is 0 Å². The summed E-state index contributed by atoms with van der Waals surface area (Å²) in [5.41, 5.74) is 0. The zero-order chi connectivity index (χ0) is 31.4. The summed E-state index contributed by atoms with van der Waals surface area (Å²) in [5.74, 6) is -11.7. The molecule has 0 spiro atoms. The van der Waals surface area contributed by atoms with Gasteiger partial charge in [0.1, 0.15) is 36.6 Å². The molecule has 12 atom stereocenters. The first kappa shape index (κ1) is 34.6. The molecule has 19 heteroatoms. The number of ether oxygens (including phenoxy) is 3. The van der Waals surface area contributed by atoms with Gasteiger partial charge in [-0.05, 0) is 0 Å². The van der Waals surface area contributed by atoms with Gasteiger partial charge in [0, 0.05) is 26.7 Å². The molecule has 0 unspecified atom stereocenters. The molecule has 0 saturated carbocycles. The molecule has 41 heavy (non-hydrogen) atoms. The highest BCUT2D eigenvalue weighted by atomic mass is 16.7. The van der Waals surface area contributed by atoms with Crippen LogP contribution in [0.2, 0.25) is 0 Å². The lowest BCUT2D eigenvalue weighted by atomic mass is 9.87. The zero-order valence-electron chi connectivity index (χ0n) is 21.9. The minimum Gasteiger partial charge on any atom is -0.477 e. The first-order valence-electron chi connectivity index (χ1n) is 12.3. The Morgan fingerprint density at radius 3 is 1.73 bits per heavy atom. The number of amides is 2. The lowest BCUT2D eigenvalue weighted by Gasteiger charge is -2.49. The minimum atomic E-state index is -3.09. The number of hydrogen-bond donors (Lipinski definition) is 12. The van der Waals surface area contributed by atoms with E-state index in [0.717, 1.165) is 13.8 Å². The molecular formula is C22H36N2O17. The van der Waals surface area contributed by atoms with Crippen molar-refractivity contribution in [2.24, 2.45) is 0 Å². The van der Waals surface area contributed by atoms with Crippen molar-refractivity contribution in [2.75, 3.05) is 13.2 Å². The number of aliphatic hydroxyl groups excluding tert-OH is 7. The highest BCUT2D eigenvalue weighted by molar-refractivity contribution is 5.77. The fraction of sp³-hybridized carbons (Fsp3) is 0.818. The Kier molecular flexibility index (Phi) is 11.5. The van der Waals surface area contributed by atoms with E-state index in [-0.39, 0.29) is 0 Å². The number of carbonyl (C=O) groups is 4. The second kappa shape index (κ2) is 13.6. The Morgan fingerprint density at radius 2 is 1.32 bits per heavy atom. The molecular weight excluding hydrogens is 564 g/mol. The number of carboxylic acids is 2. The molecule has 0 aromatic carbocycles. The number of carboxylic acid groups (broad SMARTS) is 2. The number of nitrogens with one attached hydrogen (secondary N) is 2. The third kappa shape index (κ3) is 7.64. The zero-order valence-corrected chi connectivity index (χ0v) is 21.9. The van der Waals surface area contributed by atoms with Crippen LogP contribution in [0, 0.1) is 0 Å². The molecule has 0 aliphatic carbocycles. The summed E-state index contributed by atoms with van der Waals surface area (Å²) < 4.78 is 15.9. The van der Waals surface area contributed by atoms with E-state index in [0.29, 0.717) is 0 Å². The van der Waals surface area contributed by atoms with Gasteiger partial charge in [0.05, 0.1) is 37.5 Å². The van der Waals surface area contributed by atoms with Crippen LogP contribution in [0.15, 0.2) is 0 Å². The largest absolute Gasteiger partial charge is 0.477 e. The van der Waals surface area contributed by atoms with Crippen molar-refractivity contribution in [3.8, 4) is 0 Å². The predicted octanol–water partition coefficient (Wildman–Crippen LogP) is -6.70. The van der Waals surface area contributed by atoms with Gasteiger partial charge in [-0.2, -0.15) is 0 Å². The fourth-order valence-corrected chi connectivity index (χ4v) is 4.73. The van der Waals surface area contributed by atoms with E-state index >= 15 is 0 Å². The van der Waals surface area contributed by atoms with Gasteiger partial charge in [-0.15, -0.1) is 0 Å². The Labute approximate surface area is 231 Å². The van der Waals surface area contributed by atoms with Gasteiger partial charge in [-0.25, -0.2) is 9.59 Å². The van der Waals surface area contributed by atoms with Gasteiger partial charge in [-0.3, -0.25) is 9.59 Å². The molecule has 0 radical (unpaired) electrons. The maximum absolute atomic E-state index is 12.4. The number of carbonyl (C=O) groups excluding carboxylic acids is 2. The van der Waals surface area contributed by atoms with Crippen LogP contribution in [-0.4, -0.2) is 161 Å². The van der Waals surface area contributed by atoms with Crippen LogP contribution in [0.4, 0.5) is 0 Å². The van der Waals surface area contributed by atoms with Crippen LogP contribution in [-0.2, 0) is 33.4 Å². The summed E-state index contributed by atoms with van der Waals surface area (Å²) in [6, 6.07) is -3.17. The van der Waals surface area contributed by atoms with Crippen LogP contribution < -0.4 is 10.6 Å². The lowest BCUT2D eigenvalue weighted by molar-refractivity contribution is -0.342. The smallest absolute Gasteiger partial charge is 0.364 e. The Hall–Kier alpha value is -2.56. The summed E-state index contributed by atoms with van der Waals surface area (Å²) in [6.45, 7) is -0.288. The minimum absolute atomic E-state index is 0.760. The van der Waals surface area contributed by atoms with Crippen molar-refractivity contribution in [2.45, 2.75) is 99.2 Å². The molecule has 236 valence electrons. The normalized spacial score (nSPS) is 36.8. The average Bonchev–Trinajstić information content (AvgIpc) is 2.88. The number of aliphatic carboxylic acids is 2. The molecule has 0 bridgehead atoms. The summed E-state index contributed by atoms with van der Waals surface area (Å²) in [7, 11) is 0. The van der Waals surface area contributed by atoms with Crippen molar-refractivity contribution in [1.82, 2.24) is 10.6 Å². The molecule has 0 aromatic heterocycles. The predicted molar refractivity (Wildman–Crippen MR) is 126 cm³/mol. The first-order chi connectivity index (χ1) is 18.9. The fourth-order valence-electron chi connectivity index (χ4n) is 4.73. The number of hydrogen-bond acceptors (Lipinski definition) is 15. The van der Waals surface area contributed by atoms with E-state index in [4.69, 9.17) is 14.2 Å². The molecule has 2 rings (SSSR count). The highest BCUT2D eigenvalue weighted by Gasteiger charge is 2.59. The van der Waals surface area contributed by atoms with Gasteiger partial charge in [0.25, 0.3) is 11.6 Å². The molecule has 2 aliphatic heterocycles. The molecule has 2 fully saturated rings. The third-order valence-electron chi connectivity index (χ3n) is 6.72.